The normalized spacial score (nSPS) is 13.9. The first kappa shape index (κ1) is 21.0. The van der Waals surface area contributed by atoms with E-state index in [9.17, 15) is 4.79 Å². The number of nitrogens with one attached hydrogen (secondary N) is 3. The van der Waals surface area contributed by atoms with Crippen LogP contribution < -0.4 is 20.7 Å². The van der Waals surface area contributed by atoms with Gasteiger partial charge in [0.15, 0.2) is 5.96 Å². The Hall–Kier alpha value is -2.28. The maximum atomic E-state index is 11.4. The lowest BCUT2D eigenvalue weighted by molar-refractivity contribution is -0.116. The molecule has 0 aromatic heterocycles. The molecular weight excluding hydrogens is 344 g/mol. The second-order valence-corrected chi connectivity index (χ2v) is 6.96. The standard InChI is InChI=1S/C20H32N4O3/c1-15(2)14-26-11-4-9-22-20(21-3)23-10-12-27-17-6-7-18-16(13-17)5-8-19(25)24-18/h6-7,13,15H,4-5,8-12,14H2,1-3H3,(H,24,25)(H2,21,22,23). The number of rotatable bonds is 10. The minimum absolute atomic E-state index is 0.0748. The van der Waals surface area contributed by atoms with Gasteiger partial charge in [-0.05, 0) is 42.5 Å². The first-order valence-corrected chi connectivity index (χ1v) is 9.66. The van der Waals surface area contributed by atoms with Gasteiger partial charge in [-0.15, -0.1) is 0 Å². The van der Waals surface area contributed by atoms with Gasteiger partial charge in [-0.3, -0.25) is 9.79 Å². The van der Waals surface area contributed by atoms with E-state index in [-0.39, 0.29) is 5.91 Å². The average molecular weight is 377 g/mol. The molecule has 7 nitrogen and oxygen atoms in total. The first-order chi connectivity index (χ1) is 13.1. The number of guanidine groups is 1. The molecule has 2 rings (SSSR count). The Kier molecular flexibility index (Phi) is 8.91. The number of hydrogen-bond donors (Lipinski definition) is 3. The highest BCUT2D eigenvalue weighted by Crippen LogP contribution is 2.26. The molecule has 0 saturated heterocycles. The molecule has 0 atom stereocenters. The van der Waals surface area contributed by atoms with E-state index in [1.165, 1.54) is 0 Å². The van der Waals surface area contributed by atoms with Crippen molar-refractivity contribution < 1.29 is 14.3 Å². The van der Waals surface area contributed by atoms with Crippen molar-refractivity contribution in [1.29, 1.82) is 0 Å². The average Bonchev–Trinajstić information content (AvgIpc) is 2.65. The summed E-state index contributed by atoms with van der Waals surface area (Å²) < 4.78 is 11.4. The van der Waals surface area contributed by atoms with Crippen LogP contribution in [0.2, 0.25) is 0 Å². The van der Waals surface area contributed by atoms with Crippen LogP contribution in [0.15, 0.2) is 23.2 Å². The number of aliphatic imine (C=N–C) groups is 1. The van der Waals surface area contributed by atoms with Gasteiger partial charge >= 0.3 is 0 Å². The molecule has 1 aliphatic rings. The van der Waals surface area contributed by atoms with Gasteiger partial charge in [-0.25, -0.2) is 0 Å². The topological polar surface area (TPSA) is 84.0 Å². The van der Waals surface area contributed by atoms with Crippen molar-refractivity contribution in [3.05, 3.63) is 23.8 Å². The Balaban J connectivity index is 1.60. The molecular formula is C20H32N4O3. The Morgan fingerprint density at radius 1 is 1.22 bits per heavy atom. The van der Waals surface area contributed by atoms with Crippen molar-refractivity contribution >= 4 is 17.6 Å². The summed E-state index contributed by atoms with van der Waals surface area (Å²) in [6.07, 6.45) is 2.23. The number of carbonyl (C=O) groups excluding carboxylic acids is 1. The number of carbonyl (C=O) groups is 1. The third-order valence-electron chi connectivity index (χ3n) is 4.07. The largest absolute Gasteiger partial charge is 0.492 e. The summed E-state index contributed by atoms with van der Waals surface area (Å²) in [7, 11) is 1.75. The van der Waals surface area contributed by atoms with Gasteiger partial charge < -0.3 is 25.4 Å². The lowest BCUT2D eigenvalue weighted by Crippen LogP contribution is -2.39. The van der Waals surface area contributed by atoms with Gasteiger partial charge in [0.2, 0.25) is 5.91 Å². The minimum atomic E-state index is 0.0748. The van der Waals surface area contributed by atoms with E-state index in [4.69, 9.17) is 9.47 Å². The molecule has 27 heavy (non-hydrogen) atoms. The van der Waals surface area contributed by atoms with Gasteiger partial charge in [0.1, 0.15) is 12.4 Å². The van der Waals surface area contributed by atoms with Crippen LogP contribution in [0.5, 0.6) is 5.75 Å². The zero-order valence-electron chi connectivity index (χ0n) is 16.6. The number of fused-ring (bicyclic) bond motifs is 1. The van der Waals surface area contributed by atoms with Gasteiger partial charge in [0.05, 0.1) is 6.54 Å². The van der Waals surface area contributed by atoms with Crippen LogP contribution in [-0.4, -0.2) is 51.8 Å². The molecule has 150 valence electrons. The fourth-order valence-corrected chi connectivity index (χ4v) is 2.71. The number of hydrogen-bond acceptors (Lipinski definition) is 4. The second-order valence-electron chi connectivity index (χ2n) is 6.96. The molecule has 1 heterocycles. The number of ether oxygens (including phenoxy) is 2. The molecule has 1 aromatic carbocycles. The summed E-state index contributed by atoms with van der Waals surface area (Å²) in [6, 6.07) is 5.78. The zero-order chi connectivity index (χ0) is 19.5. The quantitative estimate of drug-likeness (QED) is 0.331. The maximum absolute atomic E-state index is 11.4. The molecule has 1 amide bonds. The Bertz CT molecular complexity index is 632. The van der Waals surface area contributed by atoms with Gasteiger partial charge in [0.25, 0.3) is 0 Å². The van der Waals surface area contributed by atoms with Gasteiger partial charge in [0, 0.05) is 38.9 Å². The van der Waals surface area contributed by atoms with Crippen molar-refractivity contribution in [3.8, 4) is 5.75 Å². The van der Waals surface area contributed by atoms with E-state index in [2.05, 4.69) is 34.8 Å². The maximum Gasteiger partial charge on any atom is 0.224 e. The molecule has 0 unspecified atom stereocenters. The summed E-state index contributed by atoms with van der Waals surface area (Å²) in [6.45, 7) is 7.85. The van der Waals surface area contributed by atoms with Crippen LogP contribution in [0.25, 0.3) is 0 Å². The molecule has 0 bridgehead atoms. The monoisotopic (exact) mass is 376 g/mol. The Morgan fingerprint density at radius 3 is 2.81 bits per heavy atom. The number of anilines is 1. The molecule has 0 spiro atoms. The lowest BCUT2D eigenvalue weighted by atomic mass is 10.0. The van der Waals surface area contributed by atoms with E-state index in [1.54, 1.807) is 7.05 Å². The third kappa shape index (κ3) is 7.86. The first-order valence-electron chi connectivity index (χ1n) is 9.66. The van der Waals surface area contributed by atoms with Crippen molar-refractivity contribution in [3.63, 3.8) is 0 Å². The van der Waals surface area contributed by atoms with Crippen LogP contribution in [0, 0.1) is 5.92 Å². The molecule has 7 heteroatoms. The van der Waals surface area contributed by atoms with E-state index in [0.29, 0.717) is 25.5 Å². The number of benzene rings is 1. The Labute approximate surface area is 161 Å². The van der Waals surface area contributed by atoms with Crippen LogP contribution in [0.1, 0.15) is 32.3 Å². The predicted octanol–water partition coefficient (Wildman–Crippen LogP) is 2.18. The highest BCUT2D eigenvalue weighted by atomic mass is 16.5. The SMILES string of the molecule is CN=C(NCCCOCC(C)C)NCCOc1ccc2c(c1)CCC(=O)N2. The summed E-state index contributed by atoms with van der Waals surface area (Å²) >= 11 is 0. The predicted molar refractivity (Wildman–Crippen MR) is 109 cm³/mol. The summed E-state index contributed by atoms with van der Waals surface area (Å²) in [5.74, 6) is 2.22. The molecule has 0 aliphatic carbocycles. The van der Waals surface area contributed by atoms with E-state index in [1.807, 2.05) is 18.2 Å². The number of aryl methyl sites for hydroxylation is 1. The highest BCUT2D eigenvalue weighted by molar-refractivity contribution is 5.94. The van der Waals surface area contributed by atoms with Crippen molar-refractivity contribution in [2.24, 2.45) is 10.9 Å². The Morgan fingerprint density at radius 2 is 2.04 bits per heavy atom. The fraction of sp³-hybridized carbons (Fsp3) is 0.600. The van der Waals surface area contributed by atoms with Gasteiger partial charge in [-0.1, -0.05) is 13.8 Å². The number of nitrogens with zero attached hydrogens (tertiary/aromatic N) is 1. The van der Waals surface area contributed by atoms with Crippen LogP contribution >= 0.6 is 0 Å². The zero-order valence-corrected chi connectivity index (χ0v) is 16.6. The summed E-state index contributed by atoms with van der Waals surface area (Å²) in [5.41, 5.74) is 2.01. The molecule has 0 fully saturated rings. The molecule has 3 N–H and O–H groups in total. The third-order valence-corrected chi connectivity index (χ3v) is 4.07. The molecule has 1 aromatic rings. The highest BCUT2D eigenvalue weighted by Gasteiger charge is 2.14. The molecule has 0 saturated carbocycles. The lowest BCUT2D eigenvalue weighted by Gasteiger charge is -2.18. The summed E-state index contributed by atoms with van der Waals surface area (Å²) in [4.78, 5) is 15.6. The second kappa shape index (κ2) is 11.4. The van der Waals surface area contributed by atoms with Crippen LogP contribution in [-0.2, 0) is 16.0 Å². The molecule has 0 radical (unpaired) electrons. The minimum Gasteiger partial charge on any atom is -0.492 e. The van der Waals surface area contributed by atoms with E-state index in [0.717, 1.165) is 55.6 Å². The van der Waals surface area contributed by atoms with Crippen molar-refractivity contribution in [2.45, 2.75) is 33.1 Å². The van der Waals surface area contributed by atoms with E-state index >= 15 is 0 Å². The number of amides is 1. The van der Waals surface area contributed by atoms with E-state index < -0.39 is 0 Å². The fourth-order valence-electron chi connectivity index (χ4n) is 2.71. The molecule has 1 aliphatic heterocycles. The smallest absolute Gasteiger partial charge is 0.224 e. The summed E-state index contributed by atoms with van der Waals surface area (Å²) in [5, 5.41) is 9.37. The van der Waals surface area contributed by atoms with Crippen LogP contribution in [0.4, 0.5) is 5.69 Å². The van der Waals surface area contributed by atoms with Crippen molar-refractivity contribution in [1.82, 2.24) is 10.6 Å². The van der Waals surface area contributed by atoms with Gasteiger partial charge in [-0.2, -0.15) is 0 Å². The van der Waals surface area contributed by atoms with Crippen molar-refractivity contribution in [2.75, 3.05) is 45.3 Å². The van der Waals surface area contributed by atoms with Crippen LogP contribution in [0.3, 0.4) is 0 Å².